The Morgan fingerprint density at radius 3 is 2.71 bits per heavy atom. The molecule has 0 saturated carbocycles. The van der Waals surface area contributed by atoms with Crippen molar-refractivity contribution in [3.8, 4) is 11.3 Å². The molecule has 2 rings (SSSR count). The van der Waals surface area contributed by atoms with Crippen LogP contribution in [0.15, 0.2) is 48.7 Å². The van der Waals surface area contributed by atoms with E-state index in [9.17, 15) is 4.79 Å². The molecule has 0 aliphatic rings. The first kappa shape index (κ1) is 11.5. The number of aromatic nitrogens is 1. The number of aldehydes is 1. The van der Waals surface area contributed by atoms with Gasteiger partial charge in [-0.3, -0.25) is 4.98 Å². The number of benzene rings is 1. The monoisotopic (exact) mass is 225 g/mol. The summed E-state index contributed by atoms with van der Waals surface area (Å²) in [7, 11) is 0. The van der Waals surface area contributed by atoms with Crippen molar-refractivity contribution in [1.29, 1.82) is 0 Å². The largest absolute Gasteiger partial charge is 0.303 e. The number of pyridine rings is 1. The normalized spacial score (nSPS) is 12.1. The van der Waals surface area contributed by atoms with E-state index in [-0.39, 0.29) is 5.92 Å². The van der Waals surface area contributed by atoms with Crippen LogP contribution in [0, 0.1) is 0 Å². The number of carbonyl (C=O) groups is 1. The van der Waals surface area contributed by atoms with E-state index in [1.165, 1.54) is 0 Å². The summed E-state index contributed by atoms with van der Waals surface area (Å²) >= 11 is 0. The first-order valence-corrected chi connectivity index (χ1v) is 5.76. The van der Waals surface area contributed by atoms with Crippen molar-refractivity contribution in [2.24, 2.45) is 0 Å². The molecule has 2 aromatic rings. The van der Waals surface area contributed by atoms with Crippen LogP contribution in [0.25, 0.3) is 11.3 Å². The van der Waals surface area contributed by atoms with Gasteiger partial charge in [-0.15, -0.1) is 0 Å². The Morgan fingerprint density at radius 1 is 1.24 bits per heavy atom. The van der Waals surface area contributed by atoms with Crippen molar-refractivity contribution in [2.45, 2.75) is 19.3 Å². The van der Waals surface area contributed by atoms with Crippen LogP contribution in [0.4, 0.5) is 0 Å². The maximum absolute atomic E-state index is 10.5. The van der Waals surface area contributed by atoms with Crippen LogP contribution in [0.3, 0.4) is 0 Å². The van der Waals surface area contributed by atoms with Crippen LogP contribution in [-0.4, -0.2) is 11.3 Å². The van der Waals surface area contributed by atoms with Crippen molar-refractivity contribution in [3.05, 3.63) is 54.2 Å². The minimum Gasteiger partial charge on any atom is -0.303 e. The summed E-state index contributed by atoms with van der Waals surface area (Å²) in [5.41, 5.74) is 3.22. The summed E-state index contributed by atoms with van der Waals surface area (Å²) in [6, 6.07) is 14.1. The van der Waals surface area contributed by atoms with Crippen LogP contribution in [0.2, 0.25) is 0 Å². The molecule has 0 bridgehead atoms. The van der Waals surface area contributed by atoms with Crippen LogP contribution >= 0.6 is 0 Å². The topological polar surface area (TPSA) is 30.0 Å². The van der Waals surface area contributed by atoms with Gasteiger partial charge in [0.05, 0.1) is 5.69 Å². The second kappa shape index (κ2) is 5.39. The molecule has 17 heavy (non-hydrogen) atoms. The van der Waals surface area contributed by atoms with E-state index < -0.39 is 0 Å². The Labute approximate surface area is 101 Å². The summed E-state index contributed by atoms with van der Waals surface area (Å²) in [5.74, 6) is 0.248. The summed E-state index contributed by atoms with van der Waals surface area (Å²) in [6.45, 7) is 2.05. The zero-order chi connectivity index (χ0) is 12.1. The molecule has 0 aliphatic carbocycles. The Hall–Kier alpha value is -1.96. The van der Waals surface area contributed by atoms with Gasteiger partial charge in [-0.05, 0) is 23.6 Å². The highest BCUT2D eigenvalue weighted by Gasteiger charge is 2.06. The van der Waals surface area contributed by atoms with E-state index >= 15 is 0 Å². The van der Waals surface area contributed by atoms with E-state index in [2.05, 4.69) is 18.0 Å². The number of nitrogens with zero attached hydrogens (tertiary/aromatic N) is 1. The van der Waals surface area contributed by atoms with Crippen molar-refractivity contribution in [3.63, 3.8) is 0 Å². The number of hydrogen-bond acceptors (Lipinski definition) is 2. The minimum absolute atomic E-state index is 0.248. The standard InChI is InChI=1S/C15H15NO/c1-12(8-10-17)14-7-9-16-15(11-14)13-5-3-2-4-6-13/h2-7,9-12H,8H2,1H3. The molecular weight excluding hydrogens is 210 g/mol. The second-order valence-corrected chi connectivity index (χ2v) is 4.14. The fourth-order valence-corrected chi connectivity index (χ4v) is 1.80. The molecule has 0 radical (unpaired) electrons. The van der Waals surface area contributed by atoms with E-state index in [0.717, 1.165) is 23.1 Å². The van der Waals surface area contributed by atoms with E-state index in [0.29, 0.717) is 6.42 Å². The molecule has 0 amide bonds. The average Bonchev–Trinajstić information content (AvgIpc) is 2.40. The smallest absolute Gasteiger partial charge is 0.120 e. The first-order chi connectivity index (χ1) is 8.31. The molecule has 1 aromatic heterocycles. The Kier molecular flexibility index (Phi) is 3.66. The van der Waals surface area contributed by atoms with Crippen molar-refractivity contribution >= 4 is 6.29 Å². The maximum Gasteiger partial charge on any atom is 0.120 e. The SMILES string of the molecule is CC(CC=O)c1ccnc(-c2ccccc2)c1. The van der Waals surface area contributed by atoms with Crippen LogP contribution in [0.5, 0.6) is 0 Å². The molecule has 2 nitrogen and oxygen atoms in total. The molecule has 0 spiro atoms. The van der Waals surface area contributed by atoms with Gasteiger partial charge in [0.15, 0.2) is 0 Å². The van der Waals surface area contributed by atoms with Gasteiger partial charge in [0, 0.05) is 18.2 Å². The van der Waals surface area contributed by atoms with Crippen LogP contribution in [0.1, 0.15) is 24.8 Å². The zero-order valence-corrected chi connectivity index (χ0v) is 9.84. The van der Waals surface area contributed by atoms with Crippen LogP contribution in [-0.2, 0) is 4.79 Å². The predicted molar refractivity (Wildman–Crippen MR) is 68.8 cm³/mol. The van der Waals surface area contributed by atoms with Gasteiger partial charge in [-0.1, -0.05) is 37.3 Å². The van der Waals surface area contributed by atoms with Gasteiger partial charge in [-0.25, -0.2) is 0 Å². The molecule has 2 heteroatoms. The van der Waals surface area contributed by atoms with Crippen molar-refractivity contribution in [1.82, 2.24) is 4.98 Å². The van der Waals surface area contributed by atoms with E-state index in [4.69, 9.17) is 0 Å². The third kappa shape index (κ3) is 2.78. The lowest BCUT2D eigenvalue weighted by atomic mass is 9.97. The fourth-order valence-electron chi connectivity index (χ4n) is 1.80. The lowest BCUT2D eigenvalue weighted by Gasteiger charge is -2.09. The molecule has 1 heterocycles. The number of carbonyl (C=O) groups excluding carboxylic acids is 1. The van der Waals surface area contributed by atoms with Gasteiger partial charge in [0.2, 0.25) is 0 Å². The molecule has 0 saturated heterocycles. The third-order valence-electron chi connectivity index (χ3n) is 2.87. The lowest BCUT2D eigenvalue weighted by molar-refractivity contribution is -0.108. The molecule has 0 aliphatic heterocycles. The zero-order valence-electron chi connectivity index (χ0n) is 9.84. The molecule has 1 aromatic carbocycles. The summed E-state index contributed by atoms with van der Waals surface area (Å²) < 4.78 is 0. The van der Waals surface area contributed by atoms with Gasteiger partial charge in [0.25, 0.3) is 0 Å². The van der Waals surface area contributed by atoms with Gasteiger partial charge in [-0.2, -0.15) is 0 Å². The second-order valence-electron chi connectivity index (χ2n) is 4.14. The molecule has 1 atom stereocenters. The summed E-state index contributed by atoms with van der Waals surface area (Å²) in [5, 5.41) is 0. The van der Waals surface area contributed by atoms with Crippen LogP contribution < -0.4 is 0 Å². The third-order valence-corrected chi connectivity index (χ3v) is 2.87. The lowest BCUT2D eigenvalue weighted by Crippen LogP contribution is -1.95. The molecular formula is C15H15NO. The quantitative estimate of drug-likeness (QED) is 0.746. The number of hydrogen-bond donors (Lipinski definition) is 0. The molecule has 1 unspecified atom stereocenters. The highest BCUT2D eigenvalue weighted by atomic mass is 16.1. The molecule has 0 fully saturated rings. The highest BCUT2D eigenvalue weighted by molar-refractivity contribution is 5.60. The Balaban J connectivity index is 2.32. The fraction of sp³-hybridized carbons (Fsp3) is 0.200. The summed E-state index contributed by atoms with van der Waals surface area (Å²) in [6.07, 6.45) is 3.32. The Bertz CT molecular complexity index is 493. The predicted octanol–water partition coefficient (Wildman–Crippen LogP) is 3.44. The van der Waals surface area contributed by atoms with Gasteiger partial charge in [0.1, 0.15) is 6.29 Å². The Morgan fingerprint density at radius 2 is 2.00 bits per heavy atom. The molecule has 86 valence electrons. The van der Waals surface area contributed by atoms with E-state index in [1.807, 2.05) is 36.4 Å². The minimum atomic E-state index is 0.248. The molecule has 0 N–H and O–H groups in total. The van der Waals surface area contributed by atoms with Crippen molar-refractivity contribution < 1.29 is 4.79 Å². The average molecular weight is 225 g/mol. The van der Waals surface area contributed by atoms with Gasteiger partial charge >= 0.3 is 0 Å². The summed E-state index contributed by atoms with van der Waals surface area (Å²) in [4.78, 5) is 14.9. The first-order valence-electron chi connectivity index (χ1n) is 5.76. The van der Waals surface area contributed by atoms with Crippen molar-refractivity contribution in [2.75, 3.05) is 0 Å². The van der Waals surface area contributed by atoms with Gasteiger partial charge < -0.3 is 4.79 Å². The number of rotatable bonds is 4. The van der Waals surface area contributed by atoms with E-state index in [1.54, 1.807) is 6.20 Å². The highest BCUT2D eigenvalue weighted by Crippen LogP contribution is 2.23. The maximum atomic E-state index is 10.5.